The van der Waals surface area contributed by atoms with Crippen molar-refractivity contribution >= 4 is 5.69 Å². The molecule has 0 heterocycles. The summed E-state index contributed by atoms with van der Waals surface area (Å²) < 4.78 is 11.4. The van der Waals surface area contributed by atoms with Crippen LogP contribution in [-0.2, 0) is 19.3 Å². The van der Waals surface area contributed by atoms with E-state index in [1.807, 2.05) is 12.1 Å². The lowest BCUT2D eigenvalue weighted by Gasteiger charge is -2.27. The van der Waals surface area contributed by atoms with Crippen molar-refractivity contribution in [2.24, 2.45) is 0 Å². The highest BCUT2D eigenvalue weighted by atomic mass is 16.5. The van der Waals surface area contributed by atoms with Gasteiger partial charge >= 0.3 is 0 Å². The number of aromatic hydroxyl groups is 1. The molecule has 5 heteroatoms. The molecular weight excluding hydrogens is 460 g/mol. The third-order valence-corrected chi connectivity index (χ3v) is 7.18. The molecule has 0 spiro atoms. The van der Waals surface area contributed by atoms with E-state index in [2.05, 4.69) is 72.4 Å². The standard InChI is InChI=1S/C32H40N2O3/c1-4-18-34(2)19-20-37-29-13-7-24(8-14-29)6-5-17-33-32-23-30(36-3)15-16-31(32)27-10-9-26-22-28(35)12-11-25(26)21-27/h4,7-8,11-16,22-23,27,33,35H,1,5-6,9-10,17-21H2,2-3H3. The van der Waals surface area contributed by atoms with Crippen LogP contribution in [0.25, 0.3) is 0 Å². The molecule has 0 amide bonds. The van der Waals surface area contributed by atoms with Crippen LogP contribution >= 0.6 is 0 Å². The third kappa shape index (κ3) is 7.53. The molecule has 4 rings (SSSR count). The predicted molar refractivity (Wildman–Crippen MR) is 152 cm³/mol. The van der Waals surface area contributed by atoms with Crippen LogP contribution in [-0.4, -0.2) is 50.4 Å². The Balaban J connectivity index is 1.29. The van der Waals surface area contributed by atoms with Crippen LogP contribution in [0, 0.1) is 0 Å². The molecule has 1 aliphatic rings. The van der Waals surface area contributed by atoms with Gasteiger partial charge in [0.05, 0.1) is 7.11 Å². The lowest BCUT2D eigenvalue weighted by atomic mass is 9.79. The minimum Gasteiger partial charge on any atom is -0.508 e. The highest BCUT2D eigenvalue weighted by Crippen LogP contribution is 2.38. The monoisotopic (exact) mass is 500 g/mol. The zero-order chi connectivity index (χ0) is 26.0. The van der Waals surface area contributed by atoms with E-state index in [1.165, 1.54) is 22.3 Å². The predicted octanol–water partition coefficient (Wildman–Crippen LogP) is 6.21. The molecule has 3 aromatic carbocycles. The van der Waals surface area contributed by atoms with E-state index in [4.69, 9.17) is 9.47 Å². The smallest absolute Gasteiger partial charge is 0.120 e. The minimum atomic E-state index is 0.359. The molecule has 37 heavy (non-hydrogen) atoms. The maximum absolute atomic E-state index is 9.82. The Bertz CT molecular complexity index is 1160. The Labute approximate surface area is 221 Å². The van der Waals surface area contributed by atoms with Gasteiger partial charge in [-0.25, -0.2) is 0 Å². The fourth-order valence-corrected chi connectivity index (χ4v) is 5.08. The van der Waals surface area contributed by atoms with Gasteiger partial charge in [-0.2, -0.15) is 0 Å². The van der Waals surface area contributed by atoms with Crippen molar-refractivity contribution < 1.29 is 14.6 Å². The highest BCUT2D eigenvalue weighted by molar-refractivity contribution is 5.57. The maximum Gasteiger partial charge on any atom is 0.120 e. The second-order valence-electron chi connectivity index (χ2n) is 9.92. The summed E-state index contributed by atoms with van der Waals surface area (Å²) in [6, 6.07) is 20.7. The fraction of sp³-hybridized carbons (Fsp3) is 0.375. The molecule has 196 valence electrons. The van der Waals surface area contributed by atoms with Gasteiger partial charge in [0, 0.05) is 31.4 Å². The number of rotatable bonds is 13. The Morgan fingerprint density at radius 1 is 1.05 bits per heavy atom. The normalized spacial score (nSPS) is 14.7. The Morgan fingerprint density at radius 2 is 1.86 bits per heavy atom. The number of likely N-dealkylation sites (N-methyl/N-ethyl adjacent to an activating group) is 1. The van der Waals surface area contributed by atoms with Gasteiger partial charge < -0.3 is 19.9 Å². The number of hydrogen-bond acceptors (Lipinski definition) is 5. The first-order valence-corrected chi connectivity index (χ1v) is 13.3. The van der Waals surface area contributed by atoms with Crippen LogP contribution < -0.4 is 14.8 Å². The van der Waals surface area contributed by atoms with Crippen molar-refractivity contribution in [3.8, 4) is 17.2 Å². The van der Waals surface area contributed by atoms with Crippen molar-refractivity contribution in [1.29, 1.82) is 0 Å². The number of nitrogens with zero attached hydrogens (tertiary/aromatic N) is 1. The molecule has 1 unspecified atom stereocenters. The number of ether oxygens (including phenoxy) is 2. The minimum absolute atomic E-state index is 0.359. The second-order valence-corrected chi connectivity index (χ2v) is 9.92. The molecule has 0 aliphatic heterocycles. The van der Waals surface area contributed by atoms with E-state index in [9.17, 15) is 5.11 Å². The number of nitrogens with one attached hydrogen (secondary N) is 1. The molecule has 1 aliphatic carbocycles. The van der Waals surface area contributed by atoms with E-state index in [-0.39, 0.29) is 0 Å². The van der Waals surface area contributed by atoms with Gasteiger partial charge in [0.2, 0.25) is 0 Å². The number of hydrogen-bond donors (Lipinski definition) is 2. The van der Waals surface area contributed by atoms with Gasteiger partial charge in [-0.15, -0.1) is 6.58 Å². The van der Waals surface area contributed by atoms with Crippen LogP contribution in [0.3, 0.4) is 0 Å². The molecule has 0 radical (unpaired) electrons. The summed E-state index contributed by atoms with van der Waals surface area (Å²) in [4.78, 5) is 2.18. The fourth-order valence-electron chi connectivity index (χ4n) is 5.08. The summed E-state index contributed by atoms with van der Waals surface area (Å²) in [7, 11) is 3.78. The van der Waals surface area contributed by atoms with E-state index in [0.29, 0.717) is 18.3 Å². The Kier molecular flexibility index (Phi) is 9.50. The van der Waals surface area contributed by atoms with Crippen molar-refractivity contribution in [3.05, 3.63) is 95.6 Å². The lowest BCUT2D eigenvalue weighted by molar-refractivity contribution is 0.249. The van der Waals surface area contributed by atoms with Crippen LogP contribution in [0.4, 0.5) is 5.69 Å². The lowest BCUT2D eigenvalue weighted by Crippen LogP contribution is -2.24. The van der Waals surface area contributed by atoms with Crippen LogP contribution in [0.5, 0.6) is 17.2 Å². The molecule has 0 saturated heterocycles. The number of benzene rings is 3. The van der Waals surface area contributed by atoms with Crippen LogP contribution in [0.1, 0.15) is 41.0 Å². The van der Waals surface area contributed by atoms with Gasteiger partial charge in [-0.3, -0.25) is 4.90 Å². The summed E-state index contributed by atoms with van der Waals surface area (Å²) in [5.74, 6) is 2.60. The van der Waals surface area contributed by atoms with Gasteiger partial charge in [0.25, 0.3) is 0 Å². The first kappa shape index (κ1) is 26.6. The largest absolute Gasteiger partial charge is 0.508 e. The second kappa shape index (κ2) is 13.2. The van der Waals surface area contributed by atoms with Crippen molar-refractivity contribution in [1.82, 2.24) is 4.90 Å². The van der Waals surface area contributed by atoms with Crippen LogP contribution in [0.15, 0.2) is 73.3 Å². The van der Waals surface area contributed by atoms with Crippen LogP contribution in [0.2, 0.25) is 0 Å². The topological polar surface area (TPSA) is 54.0 Å². The molecule has 0 bridgehead atoms. The number of methoxy groups -OCH3 is 1. The van der Waals surface area contributed by atoms with E-state index in [1.54, 1.807) is 13.2 Å². The molecule has 2 N–H and O–H groups in total. The van der Waals surface area contributed by atoms with Gasteiger partial charge in [0.15, 0.2) is 0 Å². The summed E-state index contributed by atoms with van der Waals surface area (Å²) in [6.07, 6.45) is 7.02. The zero-order valence-corrected chi connectivity index (χ0v) is 22.2. The van der Waals surface area contributed by atoms with Crippen molar-refractivity contribution in [2.45, 2.75) is 38.0 Å². The molecule has 5 nitrogen and oxygen atoms in total. The summed E-state index contributed by atoms with van der Waals surface area (Å²) in [6.45, 7) is 7.08. The number of anilines is 1. The van der Waals surface area contributed by atoms with Crippen molar-refractivity contribution in [2.75, 3.05) is 45.7 Å². The van der Waals surface area contributed by atoms with E-state index in [0.717, 1.165) is 68.9 Å². The summed E-state index contributed by atoms with van der Waals surface area (Å²) in [5, 5.41) is 13.5. The first-order valence-electron chi connectivity index (χ1n) is 13.3. The number of fused-ring (bicyclic) bond motifs is 1. The molecular formula is C32H40N2O3. The number of phenolic OH excluding ortho intramolecular Hbond substituents is 1. The summed E-state index contributed by atoms with van der Waals surface area (Å²) >= 11 is 0. The average molecular weight is 501 g/mol. The number of aryl methyl sites for hydroxylation is 2. The van der Waals surface area contributed by atoms with Crippen molar-refractivity contribution in [3.63, 3.8) is 0 Å². The number of phenols is 1. The molecule has 0 saturated carbocycles. The highest BCUT2D eigenvalue weighted by Gasteiger charge is 2.23. The molecule has 3 aromatic rings. The first-order chi connectivity index (χ1) is 18.1. The average Bonchev–Trinajstić information content (AvgIpc) is 2.91. The molecule has 1 atom stereocenters. The SMILES string of the molecule is C=CCN(C)CCOc1ccc(CCCNc2cc(OC)ccc2C2CCc3cc(O)ccc3C2)cc1. The Morgan fingerprint density at radius 3 is 2.65 bits per heavy atom. The third-order valence-electron chi connectivity index (χ3n) is 7.18. The molecule has 0 fully saturated rings. The van der Waals surface area contributed by atoms with E-state index < -0.39 is 0 Å². The van der Waals surface area contributed by atoms with Gasteiger partial charge in [-0.1, -0.05) is 30.3 Å². The van der Waals surface area contributed by atoms with Gasteiger partial charge in [0.1, 0.15) is 23.9 Å². The quantitative estimate of drug-likeness (QED) is 0.216. The van der Waals surface area contributed by atoms with E-state index >= 15 is 0 Å². The van der Waals surface area contributed by atoms with Gasteiger partial charge in [-0.05, 0) is 97.7 Å². The summed E-state index contributed by atoms with van der Waals surface area (Å²) in [5.41, 5.74) is 6.44. The maximum atomic E-state index is 9.82. The molecule has 0 aromatic heterocycles. The Hall–Kier alpha value is -3.44. The zero-order valence-electron chi connectivity index (χ0n) is 22.2.